The van der Waals surface area contributed by atoms with Gasteiger partial charge in [-0.05, 0) is 69.2 Å². The summed E-state index contributed by atoms with van der Waals surface area (Å²) in [6.07, 6.45) is 7.29. The number of fused-ring (bicyclic) bond motifs is 2. The van der Waals surface area contributed by atoms with E-state index in [0.29, 0.717) is 11.5 Å². The molecule has 4 bridgehead atoms. The number of hydrogen-bond acceptors (Lipinski definition) is 4. The van der Waals surface area contributed by atoms with Gasteiger partial charge in [0.05, 0.1) is 7.11 Å². The van der Waals surface area contributed by atoms with Gasteiger partial charge in [-0.25, -0.2) is 0 Å². The number of likely N-dealkylation sites (N-methyl/N-ethyl adjacent to an activating group) is 1. The standard InChI is InChI=1S/C21H27NO3/c1-22-11-10-21-16-13-4-5-14(23-2)17(16)25-18(21)20(24-3)8-6-19(21,7-9-20)15(22)12-13/h4-5,15,18H,6-12H2,1-3H3. The van der Waals surface area contributed by atoms with Crippen molar-refractivity contribution in [3.05, 3.63) is 23.3 Å². The normalized spacial score (nSPS) is 45.9. The van der Waals surface area contributed by atoms with Crippen molar-refractivity contribution in [2.24, 2.45) is 5.41 Å². The molecule has 3 atom stereocenters. The van der Waals surface area contributed by atoms with Crippen molar-refractivity contribution in [3.8, 4) is 11.5 Å². The minimum absolute atomic E-state index is 0.119. The maximum atomic E-state index is 6.79. The molecule has 3 saturated carbocycles. The second kappa shape index (κ2) is 4.34. The lowest BCUT2D eigenvalue weighted by atomic mass is 9.37. The van der Waals surface area contributed by atoms with Gasteiger partial charge >= 0.3 is 0 Å². The van der Waals surface area contributed by atoms with Crippen LogP contribution in [-0.2, 0) is 16.6 Å². The van der Waals surface area contributed by atoms with Gasteiger partial charge in [0.1, 0.15) is 11.7 Å². The maximum absolute atomic E-state index is 6.79. The second-order valence-corrected chi connectivity index (χ2v) is 8.98. The lowest BCUT2D eigenvalue weighted by Gasteiger charge is -2.71. The van der Waals surface area contributed by atoms with Gasteiger partial charge in [-0.3, -0.25) is 0 Å². The quantitative estimate of drug-likeness (QED) is 0.828. The van der Waals surface area contributed by atoms with Crippen molar-refractivity contribution in [1.82, 2.24) is 4.90 Å². The SMILES string of the molecule is COc1ccc2c3c1OC1C4(OC)CCC5(CC4)C(C2)N(C)CCC315. The first-order valence-electron chi connectivity index (χ1n) is 9.74. The van der Waals surface area contributed by atoms with Crippen LogP contribution < -0.4 is 9.47 Å². The van der Waals surface area contributed by atoms with Crippen molar-refractivity contribution in [2.45, 2.75) is 61.7 Å². The molecule has 7 rings (SSSR count). The third kappa shape index (κ3) is 1.33. The average molecular weight is 341 g/mol. The van der Waals surface area contributed by atoms with Gasteiger partial charge in [-0.1, -0.05) is 6.07 Å². The first-order valence-corrected chi connectivity index (χ1v) is 9.74. The maximum Gasteiger partial charge on any atom is 0.165 e. The molecule has 6 aliphatic rings. The summed E-state index contributed by atoms with van der Waals surface area (Å²) in [7, 11) is 5.99. The van der Waals surface area contributed by atoms with Crippen LogP contribution in [0.2, 0.25) is 0 Å². The van der Waals surface area contributed by atoms with Crippen LogP contribution >= 0.6 is 0 Å². The van der Waals surface area contributed by atoms with E-state index in [1.165, 1.54) is 30.4 Å². The number of rotatable bonds is 2. The fourth-order valence-corrected chi connectivity index (χ4v) is 7.72. The van der Waals surface area contributed by atoms with E-state index in [4.69, 9.17) is 14.2 Å². The van der Waals surface area contributed by atoms with E-state index in [2.05, 4.69) is 24.1 Å². The number of benzene rings is 1. The van der Waals surface area contributed by atoms with Crippen molar-refractivity contribution in [1.29, 1.82) is 0 Å². The Labute approximate surface area is 149 Å². The summed E-state index contributed by atoms with van der Waals surface area (Å²) in [4.78, 5) is 2.64. The molecule has 0 aromatic heterocycles. The predicted molar refractivity (Wildman–Crippen MR) is 94.5 cm³/mol. The highest BCUT2D eigenvalue weighted by Crippen LogP contribution is 2.75. The molecule has 4 nitrogen and oxygen atoms in total. The molecule has 1 aromatic rings. The molecule has 2 aliphatic heterocycles. The molecule has 2 heterocycles. The van der Waals surface area contributed by atoms with Gasteiger partial charge in [0, 0.05) is 24.1 Å². The molecular weight excluding hydrogens is 314 g/mol. The number of hydrogen-bond donors (Lipinski definition) is 0. The van der Waals surface area contributed by atoms with Crippen LogP contribution in [0.1, 0.15) is 43.2 Å². The summed E-state index contributed by atoms with van der Waals surface area (Å²) >= 11 is 0. The van der Waals surface area contributed by atoms with Gasteiger partial charge in [0.15, 0.2) is 11.5 Å². The zero-order valence-electron chi connectivity index (χ0n) is 15.4. The van der Waals surface area contributed by atoms with Crippen LogP contribution in [0.4, 0.5) is 0 Å². The topological polar surface area (TPSA) is 30.9 Å². The molecule has 2 spiro atoms. The van der Waals surface area contributed by atoms with Crippen molar-refractivity contribution >= 4 is 0 Å². The Balaban J connectivity index is 1.70. The molecule has 4 aliphatic carbocycles. The van der Waals surface area contributed by atoms with E-state index in [0.717, 1.165) is 37.3 Å². The average Bonchev–Trinajstić information content (AvgIpc) is 3.02. The lowest BCUT2D eigenvalue weighted by Crippen LogP contribution is -2.78. The van der Waals surface area contributed by atoms with Crippen LogP contribution in [0.3, 0.4) is 0 Å². The zero-order valence-corrected chi connectivity index (χ0v) is 15.4. The summed E-state index contributed by atoms with van der Waals surface area (Å²) in [5.41, 5.74) is 3.31. The van der Waals surface area contributed by atoms with Gasteiger partial charge < -0.3 is 19.1 Å². The number of nitrogens with zero attached hydrogens (tertiary/aromatic N) is 1. The Hall–Kier alpha value is -1.26. The van der Waals surface area contributed by atoms with Crippen LogP contribution in [0.25, 0.3) is 0 Å². The van der Waals surface area contributed by atoms with Crippen LogP contribution in [0.15, 0.2) is 12.1 Å². The summed E-state index contributed by atoms with van der Waals surface area (Å²) in [5.74, 6) is 1.93. The number of likely N-dealkylation sites (tertiary alicyclic amines) is 1. The van der Waals surface area contributed by atoms with Crippen LogP contribution in [0, 0.1) is 5.41 Å². The molecule has 4 fully saturated rings. The number of methoxy groups -OCH3 is 2. The molecule has 0 radical (unpaired) electrons. The van der Waals surface area contributed by atoms with Gasteiger partial charge in [-0.2, -0.15) is 0 Å². The highest BCUT2D eigenvalue weighted by Gasteiger charge is 2.78. The third-order valence-corrected chi connectivity index (χ3v) is 8.76. The Morgan fingerprint density at radius 3 is 2.64 bits per heavy atom. The van der Waals surface area contributed by atoms with Crippen molar-refractivity contribution in [2.75, 3.05) is 27.8 Å². The van der Waals surface area contributed by atoms with E-state index in [-0.39, 0.29) is 17.1 Å². The van der Waals surface area contributed by atoms with Crippen LogP contribution in [0.5, 0.6) is 11.5 Å². The van der Waals surface area contributed by atoms with E-state index < -0.39 is 0 Å². The fraction of sp³-hybridized carbons (Fsp3) is 0.714. The summed E-state index contributed by atoms with van der Waals surface area (Å²) in [6.45, 7) is 1.15. The van der Waals surface area contributed by atoms with Gasteiger partial charge in [0.2, 0.25) is 0 Å². The predicted octanol–water partition coefficient (Wildman–Crippen LogP) is 2.91. The minimum atomic E-state index is -0.124. The molecule has 0 amide bonds. The first-order chi connectivity index (χ1) is 12.1. The van der Waals surface area contributed by atoms with E-state index in [1.807, 2.05) is 7.11 Å². The molecule has 0 N–H and O–H groups in total. The third-order valence-electron chi connectivity index (χ3n) is 8.76. The van der Waals surface area contributed by atoms with Crippen LogP contribution in [-0.4, -0.2) is 50.5 Å². The zero-order chi connectivity index (χ0) is 17.0. The Bertz CT molecular complexity index is 767. The van der Waals surface area contributed by atoms with Gasteiger partial charge in [-0.15, -0.1) is 0 Å². The van der Waals surface area contributed by atoms with E-state index in [1.54, 1.807) is 7.11 Å². The second-order valence-electron chi connectivity index (χ2n) is 8.98. The van der Waals surface area contributed by atoms with Crippen molar-refractivity contribution in [3.63, 3.8) is 0 Å². The smallest absolute Gasteiger partial charge is 0.165 e. The monoisotopic (exact) mass is 341 g/mol. The summed E-state index contributed by atoms with van der Waals surface area (Å²) < 4.78 is 18.7. The minimum Gasteiger partial charge on any atom is -0.493 e. The largest absolute Gasteiger partial charge is 0.493 e. The van der Waals surface area contributed by atoms with Gasteiger partial charge in [0.25, 0.3) is 0 Å². The molecule has 4 heteroatoms. The summed E-state index contributed by atoms with van der Waals surface area (Å²) in [6, 6.07) is 5.04. The Kier molecular flexibility index (Phi) is 2.58. The first kappa shape index (κ1) is 14.9. The van der Waals surface area contributed by atoms with Crippen molar-refractivity contribution < 1.29 is 14.2 Å². The Morgan fingerprint density at radius 2 is 1.92 bits per heavy atom. The Morgan fingerprint density at radius 1 is 1.12 bits per heavy atom. The van der Waals surface area contributed by atoms with E-state index >= 15 is 0 Å². The molecule has 134 valence electrons. The highest BCUT2D eigenvalue weighted by molar-refractivity contribution is 5.63. The number of piperidine rings is 1. The molecule has 1 saturated heterocycles. The molecular formula is C21H27NO3. The molecule has 25 heavy (non-hydrogen) atoms. The molecule has 1 aromatic carbocycles. The summed E-state index contributed by atoms with van der Waals surface area (Å²) in [5, 5.41) is 0. The lowest BCUT2D eigenvalue weighted by molar-refractivity contribution is -0.249. The highest BCUT2D eigenvalue weighted by atomic mass is 16.6. The van der Waals surface area contributed by atoms with E-state index in [9.17, 15) is 0 Å². The molecule has 3 unspecified atom stereocenters. The number of ether oxygens (including phenoxy) is 3. The fourth-order valence-electron chi connectivity index (χ4n) is 7.72.